The lowest BCUT2D eigenvalue weighted by Gasteiger charge is -2.08. The maximum absolute atomic E-state index is 12.0. The Bertz CT molecular complexity index is 693. The molecule has 4 nitrogen and oxygen atoms in total. The topological polar surface area (TPSA) is 59.1 Å². The predicted octanol–water partition coefficient (Wildman–Crippen LogP) is 2.83. The maximum Gasteiger partial charge on any atom is 0.251 e. The predicted molar refractivity (Wildman–Crippen MR) is 81.3 cm³/mol. The highest BCUT2D eigenvalue weighted by Crippen LogP contribution is 2.08. The van der Waals surface area contributed by atoms with Crippen LogP contribution in [0.15, 0.2) is 36.4 Å². The Morgan fingerprint density at radius 2 is 1.90 bits per heavy atom. The second-order valence-corrected chi connectivity index (χ2v) is 5.04. The molecule has 0 atom stereocenters. The van der Waals surface area contributed by atoms with Crippen LogP contribution < -0.4 is 5.32 Å². The van der Waals surface area contributed by atoms with Crippen LogP contribution >= 0.6 is 0 Å². The van der Waals surface area contributed by atoms with Gasteiger partial charge in [0.05, 0.1) is 12.2 Å². The molecule has 108 valence electrons. The van der Waals surface area contributed by atoms with Crippen LogP contribution in [0.3, 0.4) is 0 Å². The number of ketones is 1. The van der Waals surface area contributed by atoms with Crippen molar-refractivity contribution in [3.63, 3.8) is 0 Å². The van der Waals surface area contributed by atoms with Crippen molar-refractivity contribution in [3.05, 3.63) is 64.5 Å². The van der Waals surface area contributed by atoms with Crippen LogP contribution in [0.25, 0.3) is 0 Å². The van der Waals surface area contributed by atoms with Crippen molar-refractivity contribution in [1.82, 2.24) is 10.3 Å². The van der Waals surface area contributed by atoms with Gasteiger partial charge in [-0.1, -0.05) is 17.7 Å². The number of carbonyl (C=O) groups excluding carboxylic acids is 2. The summed E-state index contributed by atoms with van der Waals surface area (Å²) < 4.78 is 0. The van der Waals surface area contributed by atoms with Crippen molar-refractivity contribution in [1.29, 1.82) is 0 Å². The number of aromatic nitrogens is 1. The molecule has 0 saturated carbocycles. The molecule has 2 rings (SSSR count). The molecule has 0 bridgehead atoms. The second kappa shape index (κ2) is 6.31. The summed E-state index contributed by atoms with van der Waals surface area (Å²) in [5.74, 6) is -0.135. The quantitative estimate of drug-likeness (QED) is 0.877. The molecule has 0 aliphatic rings. The number of pyridine rings is 1. The Morgan fingerprint density at radius 3 is 2.52 bits per heavy atom. The third-order valence-corrected chi connectivity index (χ3v) is 3.23. The average Bonchev–Trinajstić information content (AvgIpc) is 2.44. The van der Waals surface area contributed by atoms with Gasteiger partial charge in [-0.25, -0.2) is 0 Å². The number of aryl methyl sites for hydroxylation is 2. The molecule has 0 aliphatic carbocycles. The van der Waals surface area contributed by atoms with Crippen molar-refractivity contribution in [2.75, 3.05) is 0 Å². The van der Waals surface area contributed by atoms with Gasteiger partial charge < -0.3 is 5.32 Å². The minimum absolute atomic E-state index is 0.00431. The summed E-state index contributed by atoms with van der Waals surface area (Å²) in [7, 11) is 0. The number of nitrogens with zero attached hydrogens (tertiary/aromatic N) is 1. The van der Waals surface area contributed by atoms with Crippen molar-refractivity contribution in [2.45, 2.75) is 27.3 Å². The summed E-state index contributed by atoms with van der Waals surface area (Å²) in [6.45, 7) is 5.60. The zero-order valence-corrected chi connectivity index (χ0v) is 12.4. The third-order valence-electron chi connectivity index (χ3n) is 3.23. The highest BCUT2D eigenvalue weighted by atomic mass is 16.1. The first kappa shape index (κ1) is 14.9. The number of hydrogen-bond acceptors (Lipinski definition) is 3. The summed E-state index contributed by atoms with van der Waals surface area (Å²) in [4.78, 5) is 27.7. The van der Waals surface area contributed by atoms with Gasteiger partial charge in [-0.3, -0.25) is 14.6 Å². The Labute approximate surface area is 124 Å². The largest absolute Gasteiger partial charge is 0.346 e. The lowest BCUT2D eigenvalue weighted by molar-refractivity contribution is 0.0949. The van der Waals surface area contributed by atoms with Gasteiger partial charge in [-0.2, -0.15) is 0 Å². The van der Waals surface area contributed by atoms with Crippen LogP contribution in [0.4, 0.5) is 0 Å². The number of Topliss-reactive ketones (excluding diaryl/α,β-unsaturated/α-hetero) is 1. The fourth-order valence-electron chi connectivity index (χ4n) is 2.14. The van der Waals surface area contributed by atoms with Crippen LogP contribution in [0, 0.1) is 13.8 Å². The molecule has 1 aromatic carbocycles. The molecular formula is C17H18N2O2. The molecule has 0 unspecified atom stereocenters. The standard InChI is InChI=1S/C17H18N2O2/c1-11-5-4-6-14(9-11)17(21)18-10-15-7-8-16(13(3)20)12(2)19-15/h4-9H,10H2,1-3H3,(H,18,21). The van der Waals surface area contributed by atoms with E-state index >= 15 is 0 Å². The zero-order valence-electron chi connectivity index (χ0n) is 12.4. The normalized spacial score (nSPS) is 10.2. The van der Waals surface area contributed by atoms with E-state index in [1.165, 1.54) is 6.92 Å². The number of carbonyl (C=O) groups is 2. The summed E-state index contributed by atoms with van der Waals surface area (Å²) in [5.41, 5.74) is 3.71. The van der Waals surface area contributed by atoms with E-state index in [4.69, 9.17) is 0 Å². The van der Waals surface area contributed by atoms with E-state index in [-0.39, 0.29) is 11.7 Å². The summed E-state index contributed by atoms with van der Waals surface area (Å²) in [6, 6.07) is 10.9. The van der Waals surface area contributed by atoms with E-state index in [1.807, 2.05) is 25.1 Å². The summed E-state index contributed by atoms with van der Waals surface area (Å²) >= 11 is 0. The van der Waals surface area contributed by atoms with E-state index in [2.05, 4.69) is 10.3 Å². The van der Waals surface area contributed by atoms with Gasteiger partial charge in [0.1, 0.15) is 0 Å². The van der Waals surface area contributed by atoms with Gasteiger partial charge in [0.25, 0.3) is 5.91 Å². The molecule has 0 aliphatic heterocycles. The van der Waals surface area contributed by atoms with Crippen LogP contribution in [0.1, 0.15) is 44.6 Å². The lowest BCUT2D eigenvalue weighted by Crippen LogP contribution is -2.23. The van der Waals surface area contributed by atoms with Gasteiger partial charge in [-0.15, -0.1) is 0 Å². The molecule has 0 radical (unpaired) electrons. The van der Waals surface area contributed by atoms with Crippen molar-refractivity contribution < 1.29 is 9.59 Å². The van der Waals surface area contributed by atoms with Crippen molar-refractivity contribution in [2.24, 2.45) is 0 Å². The SMILES string of the molecule is CC(=O)c1ccc(CNC(=O)c2cccc(C)c2)nc1C. The van der Waals surface area contributed by atoms with Crippen molar-refractivity contribution >= 4 is 11.7 Å². The number of hydrogen-bond donors (Lipinski definition) is 1. The molecule has 4 heteroatoms. The van der Waals surface area contributed by atoms with Gasteiger partial charge >= 0.3 is 0 Å². The Kier molecular flexibility index (Phi) is 4.48. The van der Waals surface area contributed by atoms with E-state index in [0.29, 0.717) is 23.4 Å². The smallest absolute Gasteiger partial charge is 0.251 e. The zero-order chi connectivity index (χ0) is 15.4. The fraction of sp³-hybridized carbons (Fsp3) is 0.235. The van der Waals surface area contributed by atoms with Crippen molar-refractivity contribution in [3.8, 4) is 0 Å². The maximum atomic E-state index is 12.0. The van der Waals surface area contributed by atoms with E-state index in [0.717, 1.165) is 11.3 Å². The first-order valence-corrected chi connectivity index (χ1v) is 6.79. The molecular weight excluding hydrogens is 264 g/mol. The van der Waals surface area contributed by atoms with Gasteiger partial charge in [0.15, 0.2) is 5.78 Å². The number of amides is 1. The number of benzene rings is 1. The minimum atomic E-state index is -0.131. The molecule has 0 saturated heterocycles. The first-order valence-electron chi connectivity index (χ1n) is 6.79. The second-order valence-electron chi connectivity index (χ2n) is 5.04. The third kappa shape index (κ3) is 3.75. The van der Waals surface area contributed by atoms with Crippen LogP contribution in [0.5, 0.6) is 0 Å². The molecule has 1 heterocycles. The number of nitrogens with one attached hydrogen (secondary N) is 1. The summed E-state index contributed by atoms with van der Waals surface area (Å²) in [5, 5.41) is 2.83. The Hall–Kier alpha value is -2.49. The van der Waals surface area contributed by atoms with Gasteiger partial charge in [-0.05, 0) is 45.0 Å². The van der Waals surface area contributed by atoms with E-state index < -0.39 is 0 Å². The monoisotopic (exact) mass is 282 g/mol. The summed E-state index contributed by atoms with van der Waals surface area (Å²) in [6.07, 6.45) is 0. The molecule has 2 aromatic rings. The minimum Gasteiger partial charge on any atom is -0.346 e. The molecule has 0 fully saturated rings. The van der Waals surface area contributed by atoms with E-state index in [9.17, 15) is 9.59 Å². The average molecular weight is 282 g/mol. The highest BCUT2D eigenvalue weighted by molar-refractivity contribution is 5.95. The van der Waals surface area contributed by atoms with E-state index in [1.54, 1.807) is 25.1 Å². The lowest BCUT2D eigenvalue weighted by atomic mass is 10.1. The molecule has 1 N–H and O–H groups in total. The molecule has 21 heavy (non-hydrogen) atoms. The molecule has 0 spiro atoms. The molecule has 1 aromatic heterocycles. The van der Waals surface area contributed by atoms with Gasteiger partial charge in [0.2, 0.25) is 0 Å². The highest BCUT2D eigenvalue weighted by Gasteiger charge is 2.08. The van der Waals surface area contributed by atoms with Crippen LogP contribution in [-0.4, -0.2) is 16.7 Å². The number of rotatable bonds is 4. The van der Waals surface area contributed by atoms with Crippen LogP contribution in [-0.2, 0) is 6.54 Å². The Balaban J connectivity index is 2.05. The first-order chi connectivity index (χ1) is 9.97. The van der Waals surface area contributed by atoms with Gasteiger partial charge in [0, 0.05) is 16.8 Å². The Morgan fingerprint density at radius 1 is 1.14 bits per heavy atom. The van der Waals surface area contributed by atoms with Crippen LogP contribution in [0.2, 0.25) is 0 Å². The molecule has 1 amide bonds. The fourth-order valence-corrected chi connectivity index (χ4v) is 2.14.